The van der Waals surface area contributed by atoms with Crippen molar-refractivity contribution in [3.63, 3.8) is 0 Å². The van der Waals surface area contributed by atoms with E-state index in [9.17, 15) is 13.2 Å². The first-order valence-corrected chi connectivity index (χ1v) is 12.8. The molecule has 1 amide bonds. The van der Waals surface area contributed by atoms with Crippen LogP contribution >= 0.6 is 11.6 Å². The number of nitrogens with one attached hydrogen (secondary N) is 2. The molecular formula is C21H32ClN3O5S. The van der Waals surface area contributed by atoms with Crippen LogP contribution in [-0.2, 0) is 19.6 Å². The van der Waals surface area contributed by atoms with Crippen LogP contribution < -0.4 is 14.8 Å². The molecule has 2 fully saturated rings. The first kappa shape index (κ1) is 24.3. The molecule has 1 aromatic carbocycles. The smallest absolute Gasteiger partial charge is 0.257 e. The van der Waals surface area contributed by atoms with Gasteiger partial charge in [0.05, 0.1) is 23.1 Å². The van der Waals surface area contributed by atoms with Gasteiger partial charge in [-0.3, -0.25) is 9.69 Å². The molecule has 1 heterocycles. The summed E-state index contributed by atoms with van der Waals surface area (Å²) in [6, 6.07) is 4.28. The third kappa shape index (κ3) is 7.91. The van der Waals surface area contributed by atoms with E-state index in [2.05, 4.69) is 14.9 Å². The Morgan fingerprint density at radius 2 is 1.94 bits per heavy atom. The molecule has 1 aliphatic carbocycles. The minimum Gasteiger partial charge on any atom is -0.482 e. The number of morpholine rings is 1. The lowest BCUT2D eigenvalue weighted by atomic mass is 9.96. The molecule has 1 aliphatic heterocycles. The van der Waals surface area contributed by atoms with Crippen molar-refractivity contribution in [2.75, 3.05) is 46.0 Å². The summed E-state index contributed by atoms with van der Waals surface area (Å²) < 4.78 is 38.8. The molecule has 31 heavy (non-hydrogen) atoms. The second kappa shape index (κ2) is 12.0. The summed E-state index contributed by atoms with van der Waals surface area (Å²) in [6.07, 6.45) is 5.79. The van der Waals surface area contributed by atoms with E-state index >= 15 is 0 Å². The van der Waals surface area contributed by atoms with Crippen LogP contribution in [0.15, 0.2) is 23.1 Å². The topological polar surface area (TPSA) is 97.0 Å². The number of rotatable bonds is 10. The van der Waals surface area contributed by atoms with Crippen molar-refractivity contribution in [2.45, 2.75) is 49.5 Å². The second-order valence-corrected chi connectivity index (χ2v) is 10.1. The maximum Gasteiger partial charge on any atom is 0.257 e. The van der Waals surface area contributed by atoms with Crippen LogP contribution in [0.25, 0.3) is 0 Å². The van der Waals surface area contributed by atoms with Crippen molar-refractivity contribution < 1.29 is 22.7 Å². The predicted molar refractivity (Wildman–Crippen MR) is 119 cm³/mol. The van der Waals surface area contributed by atoms with Gasteiger partial charge < -0.3 is 14.8 Å². The SMILES string of the molecule is O=C(COc1ccc(S(=O)(=O)NC2CCCCC2)cc1Cl)NCCCN1CCOCC1. The minimum atomic E-state index is -3.64. The molecule has 0 bridgehead atoms. The fraction of sp³-hybridized carbons (Fsp3) is 0.667. The average Bonchev–Trinajstić information content (AvgIpc) is 2.77. The number of ether oxygens (including phenoxy) is 2. The second-order valence-electron chi connectivity index (χ2n) is 7.99. The largest absolute Gasteiger partial charge is 0.482 e. The maximum atomic E-state index is 12.6. The van der Waals surface area contributed by atoms with Gasteiger partial charge in [0, 0.05) is 25.7 Å². The van der Waals surface area contributed by atoms with Gasteiger partial charge in [-0.2, -0.15) is 0 Å². The van der Waals surface area contributed by atoms with Crippen LogP contribution in [0.5, 0.6) is 5.75 Å². The molecule has 0 unspecified atom stereocenters. The van der Waals surface area contributed by atoms with Crippen LogP contribution in [0.3, 0.4) is 0 Å². The molecule has 1 saturated heterocycles. The van der Waals surface area contributed by atoms with Gasteiger partial charge in [0.25, 0.3) is 5.91 Å². The van der Waals surface area contributed by atoms with Crippen LogP contribution in [0.2, 0.25) is 5.02 Å². The zero-order valence-corrected chi connectivity index (χ0v) is 19.3. The van der Waals surface area contributed by atoms with Gasteiger partial charge >= 0.3 is 0 Å². The van der Waals surface area contributed by atoms with E-state index in [-0.39, 0.29) is 34.2 Å². The summed E-state index contributed by atoms with van der Waals surface area (Å²) in [5.41, 5.74) is 0. The Hall–Kier alpha value is -1.39. The normalized spacial score (nSPS) is 18.6. The number of hydrogen-bond acceptors (Lipinski definition) is 6. The highest BCUT2D eigenvalue weighted by atomic mass is 35.5. The summed E-state index contributed by atoms with van der Waals surface area (Å²) in [4.78, 5) is 14.4. The van der Waals surface area contributed by atoms with Crippen molar-refractivity contribution in [3.8, 4) is 5.75 Å². The summed E-state index contributed by atoms with van der Waals surface area (Å²) in [6.45, 7) is 4.69. The zero-order chi connectivity index (χ0) is 22.1. The van der Waals surface area contributed by atoms with Crippen molar-refractivity contribution in [1.82, 2.24) is 14.9 Å². The fourth-order valence-electron chi connectivity index (χ4n) is 3.82. The quantitative estimate of drug-likeness (QED) is 0.505. The maximum absolute atomic E-state index is 12.6. The Kier molecular flexibility index (Phi) is 9.40. The van der Waals surface area contributed by atoms with Gasteiger partial charge in [0.2, 0.25) is 10.0 Å². The Labute approximate surface area is 189 Å². The van der Waals surface area contributed by atoms with Gasteiger partial charge in [0.15, 0.2) is 6.61 Å². The molecule has 3 rings (SSSR count). The number of carbonyl (C=O) groups is 1. The van der Waals surface area contributed by atoms with Crippen molar-refractivity contribution in [1.29, 1.82) is 0 Å². The predicted octanol–water partition coefficient (Wildman–Crippen LogP) is 2.17. The highest BCUT2D eigenvalue weighted by molar-refractivity contribution is 7.89. The number of amides is 1. The number of benzene rings is 1. The highest BCUT2D eigenvalue weighted by Gasteiger charge is 2.22. The first-order chi connectivity index (χ1) is 14.9. The van der Waals surface area contributed by atoms with E-state index in [0.717, 1.165) is 71.4 Å². The molecule has 1 aromatic rings. The van der Waals surface area contributed by atoms with E-state index in [4.69, 9.17) is 21.1 Å². The Morgan fingerprint density at radius 3 is 2.65 bits per heavy atom. The van der Waals surface area contributed by atoms with Gasteiger partial charge in [-0.15, -0.1) is 0 Å². The Bertz CT molecular complexity index is 824. The number of carbonyl (C=O) groups excluding carboxylic acids is 1. The van der Waals surface area contributed by atoms with E-state index in [1.165, 1.54) is 18.2 Å². The summed E-state index contributed by atoms with van der Waals surface area (Å²) in [5, 5.41) is 2.98. The number of hydrogen-bond donors (Lipinski definition) is 2. The van der Waals surface area contributed by atoms with Gasteiger partial charge in [0.1, 0.15) is 5.75 Å². The molecular weight excluding hydrogens is 442 g/mol. The number of halogens is 1. The Balaban J connectivity index is 1.41. The van der Waals surface area contributed by atoms with E-state index < -0.39 is 10.0 Å². The molecule has 174 valence electrons. The van der Waals surface area contributed by atoms with Crippen molar-refractivity contribution >= 4 is 27.5 Å². The summed E-state index contributed by atoms with van der Waals surface area (Å²) in [5.74, 6) is 0.0375. The van der Waals surface area contributed by atoms with Gasteiger partial charge in [-0.25, -0.2) is 13.1 Å². The van der Waals surface area contributed by atoms with Crippen LogP contribution in [0.1, 0.15) is 38.5 Å². The summed E-state index contributed by atoms with van der Waals surface area (Å²) in [7, 11) is -3.64. The standard InChI is InChI=1S/C21H32ClN3O5S/c22-19-15-18(31(27,28)24-17-5-2-1-3-6-17)7-8-20(19)30-16-21(26)23-9-4-10-25-11-13-29-14-12-25/h7-8,15,17,24H,1-6,9-14,16H2,(H,23,26). The third-order valence-electron chi connectivity index (χ3n) is 5.58. The molecule has 2 aliphatic rings. The highest BCUT2D eigenvalue weighted by Crippen LogP contribution is 2.28. The minimum absolute atomic E-state index is 0.0274. The lowest BCUT2D eigenvalue weighted by molar-refractivity contribution is -0.123. The van der Waals surface area contributed by atoms with E-state index in [0.29, 0.717) is 6.54 Å². The van der Waals surface area contributed by atoms with Crippen molar-refractivity contribution in [3.05, 3.63) is 23.2 Å². The van der Waals surface area contributed by atoms with Crippen molar-refractivity contribution in [2.24, 2.45) is 0 Å². The lowest BCUT2D eigenvalue weighted by Gasteiger charge is -2.26. The van der Waals surface area contributed by atoms with Crippen LogP contribution in [0.4, 0.5) is 0 Å². The van der Waals surface area contributed by atoms with E-state index in [1.807, 2.05) is 0 Å². The number of sulfonamides is 1. The summed E-state index contributed by atoms with van der Waals surface area (Å²) >= 11 is 6.21. The molecule has 0 atom stereocenters. The molecule has 10 heteroatoms. The molecule has 1 saturated carbocycles. The lowest BCUT2D eigenvalue weighted by Crippen LogP contribution is -2.38. The monoisotopic (exact) mass is 473 g/mol. The molecule has 0 spiro atoms. The van der Waals surface area contributed by atoms with Gasteiger partial charge in [-0.1, -0.05) is 30.9 Å². The van der Waals surface area contributed by atoms with Gasteiger partial charge in [-0.05, 0) is 44.0 Å². The van der Waals surface area contributed by atoms with Crippen LogP contribution in [0, 0.1) is 0 Å². The third-order valence-corrected chi connectivity index (χ3v) is 7.39. The molecule has 0 aromatic heterocycles. The van der Waals surface area contributed by atoms with Crippen LogP contribution in [-0.4, -0.2) is 71.3 Å². The molecule has 2 N–H and O–H groups in total. The number of nitrogens with zero attached hydrogens (tertiary/aromatic N) is 1. The zero-order valence-electron chi connectivity index (χ0n) is 17.8. The average molecular weight is 474 g/mol. The fourth-order valence-corrected chi connectivity index (χ4v) is 5.45. The molecule has 0 radical (unpaired) electrons. The molecule has 8 nitrogen and oxygen atoms in total. The first-order valence-electron chi connectivity index (χ1n) is 11.0. The Morgan fingerprint density at radius 1 is 1.19 bits per heavy atom. The van der Waals surface area contributed by atoms with E-state index in [1.54, 1.807) is 0 Å².